The van der Waals surface area contributed by atoms with Gasteiger partial charge >= 0.3 is 0 Å². The Morgan fingerprint density at radius 1 is 1.03 bits per heavy atom. The van der Waals surface area contributed by atoms with E-state index in [1.54, 1.807) is 24.6 Å². The van der Waals surface area contributed by atoms with Crippen LogP contribution in [0.2, 0.25) is 0 Å². The number of sulfonamides is 1. The molecule has 0 aliphatic carbocycles. The Kier molecular flexibility index (Phi) is 6.48. The highest BCUT2D eigenvalue weighted by Gasteiger charge is 2.24. The molecule has 0 bridgehead atoms. The Morgan fingerprint density at radius 2 is 1.80 bits per heavy atom. The number of rotatable bonds is 8. The van der Waals surface area contributed by atoms with E-state index in [1.807, 2.05) is 57.3 Å². The molecule has 0 aliphatic rings. The van der Waals surface area contributed by atoms with Crippen molar-refractivity contribution in [3.8, 4) is 16.9 Å². The molecule has 4 rings (SSSR count). The van der Waals surface area contributed by atoms with Crippen LogP contribution in [0.5, 0.6) is 5.75 Å². The standard InChI is InChI=1S/C24H29N7O3S/c1-15-9-20(21(13-25-15)34-14-24(4,5)30-35(6,32)33)18-7-8-31-19(11-18)12-23(29-31)28-22-10-16(2)26-17(3)27-22/h7-13,30H,14H2,1-6H3,(H,26,27,28,29). The molecule has 0 radical (unpaired) electrons. The predicted octanol–water partition coefficient (Wildman–Crippen LogP) is 3.56. The summed E-state index contributed by atoms with van der Waals surface area (Å²) in [5.41, 5.74) is 3.59. The third kappa shape index (κ3) is 6.31. The lowest BCUT2D eigenvalue weighted by Gasteiger charge is -2.25. The molecule has 35 heavy (non-hydrogen) atoms. The number of aromatic nitrogens is 5. The van der Waals surface area contributed by atoms with Gasteiger partial charge in [0.2, 0.25) is 10.0 Å². The predicted molar refractivity (Wildman–Crippen MR) is 136 cm³/mol. The second-order valence-corrected chi connectivity index (χ2v) is 11.0. The van der Waals surface area contributed by atoms with E-state index in [2.05, 4.69) is 30.1 Å². The third-order valence-electron chi connectivity index (χ3n) is 5.05. The van der Waals surface area contributed by atoms with Crippen molar-refractivity contribution in [3.63, 3.8) is 0 Å². The molecule has 0 aromatic carbocycles. The minimum Gasteiger partial charge on any atom is -0.489 e. The van der Waals surface area contributed by atoms with Crippen LogP contribution < -0.4 is 14.8 Å². The summed E-state index contributed by atoms with van der Waals surface area (Å²) in [5, 5.41) is 7.82. The Bertz CT molecular complexity index is 1480. The summed E-state index contributed by atoms with van der Waals surface area (Å²) in [5.74, 6) is 2.60. The summed E-state index contributed by atoms with van der Waals surface area (Å²) >= 11 is 0. The SMILES string of the molecule is Cc1cc(-c2ccn3nc(Nc4cc(C)nc(C)n4)cc3c2)c(OCC(C)(C)NS(C)(=O)=O)cn1. The highest BCUT2D eigenvalue weighted by atomic mass is 32.2. The Hall–Kier alpha value is -3.57. The van der Waals surface area contributed by atoms with Crippen molar-refractivity contribution >= 4 is 27.2 Å². The van der Waals surface area contributed by atoms with Crippen molar-refractivity contribution in [2.45, 2.75) is 40.2 Å². The van der Waals surface area contributed by atoms with Crippen LogP contribution in [-0.4, -0.2) is 51.4 Å². The van der Waals surface area contributed by atoms with Crippen LogP contribution in [0, 0.1) is 20.8 Å². The van der Waals surface area contributed by atoms with E-state index in [1.165, 1.54) is 0 Å². The largest absolute Gasteiger partial charge is 0.489 e. The van der Waals surface area contributed by atoms with Gasteiger partial charge in [0.1, 0.15) is 24.0 Å². The molecule has 0 fully saturated rings. The molecule has 4 aromatic heterocycles. The van der Waals surface area contributed by atoms with Crippen molar-refractivity contribution in [1.82, 2.24) is 29.3 Å². The molecule has 2 N–H and O–H groups in total. The van der Waals surface area contributed by atoms with E-state index in [0.29, 0.717) is 23.2 Å². The molecule has 0 saturated carbocycles. The van der Waals surface area contributed by atoms with Gasteiger partial charge in [-0.25, -0.2) is 27.6 Å². The molecule has 4 aromatic rings. The lowest BCUT2D eigenvalue weighted by Crippen LogP contribution is -2.47. The molecule has 0 atom stereocenters. The van der Waals surface area contributed by atoms with Crippen LogP contribution in [0.25, 0.3) is 16.6 Å². The summed E-state index contributed by atoms with van der Waals surface area (Å²) in [6.45, 7) is 9.35. The monoisotopic (exact) mass is 495 g/mol. The first kappa shape index (κ1) is 24.6. The van der Waals surface area contributed by atoms with E-state index in [4.69, 9.17) is 4.74 Å². The summed E-state index contributed by atoms with van der Waals surface area (Å²) in [4.78, 5) is 13.1. The van der Waals surface area contributed by atoms with E-state index >= 15 is 0 Å². The van der Waals surface area contributed by atoms with Crippen molar-refractivity contribution in [2.24, 2.45) is 0 Å². The van der Waals surface area contributed by atoms with Crippen LogP contribution in [0.3, 0.4) is 0 Å². The zero-order valence-electron chi connectivity index (χ0n) is 20.6. The first-order valence-corrected chi connectivity index (χ1v) is 12.9. The van der Waals surface area contributed by atoms with Crippen molar-refractivity contribution in [2.75, 3.05) is 18.2 Å². The molecule has 0 spiro atoms. The molecular weight excluding hydrogens is 466 g/mol. The Labute approximate surface area is 204 Å². The Morgan fingerprint density at radius 3 is 2.51 bits per heavy atom. The lowest BCUT2D eigenvalue weighted by molar-refractivity contribution is 0.230. The number of aryl methyl sites for hydroxylation is 3. The summed E-state index contributed by atoms with van der Waals surface area (Å²) in [7, 11) is -3.37. The maximum absolute atomic E-state index is 11.7. The number of hydrogen-bond donors (Lipinski definition) is 2. The average Bonchev–Trinajstić information content (AvgIpc) is 3.11. The summed E-state index contributed by atoms with van der Waals surface area (Å²) in [6.07, 6.45) is 4.67. The van der Waals surface area contributed by atoms with E-state index in [-0.39, 0.29) is 6.61 Å². The fraction of sp³-hybridized carbons (Fsp3) is 0.333. The number of nitrogens with one attached hydrogen (secondary N) is 2. The molecule has 0 amide bonds. The molecule has 184 valence electrons. The summed E-state index contributed by atoms with van der Waals surface area (Å²) in [6, 6.07) is 9.70. The van der Waals surface area contributed by atoms with E-state index in [9.17, 15) is 8.42 Å². The zero-order chi connectivity index (χ0) is 25.4. The quantitative estimate of drug-likeness (QED) is 0.380. The molecule has 11 heteroatoms. The fourth-order valence-electron chi connectivity index (χ4n) is 3.81. The van der Waals surface area contributed by atoms with Gasteiger partial charge in [0.05, 0.1) is 23.5 Å². The van der Waals surface area contributed by atoms with Gasteiger partial charge in [-0.3, -0.25) is 4.98 Å². The third-order valence-corrected chi connectivity index (χ3v) is 5.97. The number of pyridine rings is 2. The molecule has 0 saturated heterocycles. The molecule has 10 nitrogen and oxygen atoms in total. The van der Waals surface area contributed by atoms with E-state index in [0.717, 1.165) is 34.3 Å². The van der Waals surface area contributed by atoms with E-state index < -0.39 is 15.6 Å². The second-order valence-electron chi connectivity index (χ2n) is 9.25. The van der Waals surface area contributed by atoms with Crippen LogP contribution in [-0.2, 0) is 10.0 Å². The van der Waals surface area contributed by atoms with Gasteiger partial charge in [-0.1, -0.05) is 0 Å². The molecular formula is C24H29N7O3S. The fourth-order valence-corrected chi connectivity index (χ4v) is 4.88. The topological polar surface area (TPSA) is 123 Å². The average molecular weight is 496 g/mol. The molecule has 0 unspecified atom stereocenters. The van der Waals surface area contributed by atoms with Gasteiger partial charge in [-0.15, -0.1) is 0 Å². The lowest BCUT2D eigenvalue weighted by atomic mass is 10.1. The van der Waals surface area contributed by atoms with Gasteiger partial charge in [0, 0.05) is 35.3 Å². The number of anilines is 2. The van der Waals surface area contributed by atoms with Crippen LogP contribution in [0.15, 0.2) is 42.7 Å². The van der Waals surface area contributed by atoms with Gasteiger partial charge < -0.3 is 10.1 Å². The number of hydrogen-bond acceptors (Lipinski definition) is 8. The highest BCUT2D eigenvalue weighted by molar-refractivity contribution is 7.88. The first-order valence-electron chi connectivity index (χ1n) is 11.0. The first-order chi connectivity index (χ1) is 16.4. The van der Waals surface area contributed by atoms with Crippen LogP contribution in [0.1, 0.15) is 31.1 Å². The molecule has 0 aliphatic heterocycles. The van der Waals surface area contributed by atoms with Crippen molar-refractivity contribution < 1.29 is 13.2 Å². The highest BCUT2D eigenvalue weighted by Crippen LogP contribution is 2.32. The van der Waals surface area contributed by atoms with Crippen molar-refractivity contribution in [1.29, 1.82) is 0 Å². The smallest absolute Gasteiger partial charge is 0.209 e. The normalized spacial score (nSPS) is 12.2. The summed E-state index contributed by atoms with van der Waals surface area (Å²) < 4.78 is 33.7. The maximum atomic E-state index is 11.7. The van der Waals surface area contributed by atoms with Gasteiger partial charge in [0.15, 0.2) is 5.82 Å². The zero-order valence-corrected chi connectivity index (χ0v) is 21.4. The van der Waals surface area contributed by atoms with Gasteiger partial charge in [-0.05, 0) is 58.4 Å². The van der Waals surface area contributed by atoms with Gasteiger partial charge in [-0.2, -0.15) is 5.10 Å². The minimum atomic E-state index is -3.37. The van der Waals surface area contributed by atoms with Crippen LogP contribution >= 0.6 is 0 Å². The minimum absolute atomic E-state index is 0.137. The number of fused-ring (bicyclic) bond motifs is 1. The number of nitrogens with zero attached hydrogens (tertiary/aromatic N) is 5. The molecule has 4 heterocycles. The Balaban J connectivity index is 1.62. The van der Waals surface area contributed by atoms with Crippen molar-refractivity contribution in [3.05, 3.63) is 59.9 Å². The maximum Gasteiger partial charge on any atom is 0.209 e. The van der Waals surface area contributed by atoms with Crippen LogP contribution in [0.4, 0.5) is 11.6 Å². The second kappa shape index (κ2) is 9.23. The van der Waals surface area contributed by atoms with Gasteiger partial charge in [0.25, 0.3) is 0 Å². The number of ether oxygens (including phenoxy) is 1.